The van der Waals surface area contributed by atoms with Crippen molar-refractivity contribution in [1.82, 2.24) is 0 Å². The minimum atomic E-state index is -0.697. The van der Waals surface area contributed by atoms with Gasteiger partial charge in [-0.3, -0.25) is 0 Å². The third kappa shape index (κ3) is 3.35. The second-order valence-electron chi connectivity index (χ2n) is 3.84. The number of carbonyl (C=O) groups excluding carboxylic acids is 1. The maximum atomic E-state index is 11.6. The molecule has 1 atom stereocenters. The van der Waals surface area contributed by atoms with Crippen LogP contribution in [-0.4, -0.2) is 6.16 Å². The molecule has 0 unspecified atom stereocenters. The zero-order valence-electron chi connectivity index (χ0n) is 10.1. The van der Waals surface area contributed by atoms with Gasteiger partial charge in [0.25, 0.3) is 0 Å². The SMILES string of the molecule is C[C@H](OC(=O)Oc1ccccc1)c1ccccc1. The highest BCUT2D eigenvalue weighted by Crippen LogP contribution is 2.17. The average molecular weight is 242 g/mol. The molecule has 3 nitrogen and oxygen atoms in total. The molecular formula is C15H14O3. The molecule has 2 aromatic rings. The van der Waals surface area contributed by atoms with E-state index in [9.17, 15) is 4.79 Å². The van der Waals surface area contributed by atoms with Crippen molar-refractivity contribution in [1.29, 1.82) is 0 Å². The summed E-state index contributed by atoms with van der Waals surface area (Å²) in [6, 6.07) is 18.4. The van der Waals surface area contributed by atoms with Crippen LogP contribution in [0.1, 0.15) is 18.6 Å². The lowest BCUT2D eigenvalue weighted by Gasteiger charge is -2.13. The van der Waals surface area contributed by atoms with Gasteiger partial charge in [-0.25, -0.2) is 4.79 Å². The van der Waals surface area contributed by atoms with Gasteiger partial charge in [-0.15, -0.1) is 0 Å². The van der Waals surface area contributed by atoms with Gasteiger partial charge in [-0.05, 0) is 24.6 Å². The molecule has 0 saturated carbocycles. The first kappa shape index (κ1) is 12.2. The molecular weight excluding hydrogens is 228 g/mol. The molecule has 0 radical (unpaired) electrons. The van der Waals surface area contributed by atoms with Crippen LogP contribution in [0.4, 0.5) is 4.79 Å². The monoisotopic (exact) mass is 242 g/mol. The zero-order chi connectivity index (χ0) is 12.8. The standard InChI is InChI=1S/C15H14O3/c1-12(13-8-4-2-5-9-13)17-15(16)18-14-10-6-3-7-11-14/h2-12H,1H3/t12-/m0/s1. The van der Waals surface area contributed by atoms with Crippen LogP contribution in [-0.2, 0) is 4.74 Å². The van der Waals surface area contributed by atoms with E-state index >= 15 is 0 Å². The van der Waals surface area contributed by atoms with E-state index in [2.05, 4.69) is 0 Å². The number of rotatable bonds is 3. The molecule has 0 aromatic heterocycles. The Balaban J connectivity index is 1.92. The van der Waals surface area contributed by atoms with Crippen molar-refractivity contribution in [2.45, 2.75) is 13.0 Å². The smallest absolute Gasteiger partial charge is 0.426 e. The Bertz CT molecular complexity index is 494. The summed E-state index contributed by atoms with van der Waals surface area (Å²) in [6.45, 7) is 1.81. The van der Waals surface area contributed by atoms with Gasteiger partial charge in [0.15, 0.2) is 0 Å². The Labute approximate surface area is 106 Å². The van der Waals surface area contributed by atoms with Gasteiger partial charge in [0.2, 0.25) is 0 Å². The van der Waals surface area contributed by atoms with Crippen molar-refractivity contribution < 1.29 is 14.3 Å². The van der Waals surface area contributed by atoms with Gasteiger partial charge < -0.3 is 9.47 Å². The largest absolute Gasteiger partial charge is 0.514 e. The van der Waals surface area contributed by atoms with Crippen LogP contribution in [0, 0.1) is 0 Å². The molecule has 0 fully saturated rings. The van der Waals surface area contributed by atoms with Crippen LogP contribution < -0.4 is 4.74 Å². The molecule has 3 heteroatoms. The summed E-state index contributed by atoms with van der Waals surface area (Å²) in [4.78, 5) is 11.6. The predicted octanol–water partition coefficient (Wildman–Crippen LogP) is 3.96. The normalized spacial score (nSPS) is 11.6. The van der Waals surface area contributed by atoms with E-state index < -0.39 is 6.16 Å². The molecule has 92 valence electrons. The van der Waals surface area contributed by atoms with Gasteiger partial charge in [-0.2, -0.15) is 0 Å². The van der Waals surface area contributed by atoms with E-state index in [1.165, 1.54) is 0 Å². The first-order valence-corrected chi connectivity index (χ1v) is 5.74. The highest BCUT2D eigenvalue weighted by Gasteiger charge is 2.12. The van der Waals surface area contributed by atoms with E-state index in [0.717, 1.165) is 5.56 Å². The quantitative estimate of drug-likeness (QED) is 0.603. The average Bonchev–Trinajstić information content (AvgIpc) is 2.40. The van der Waals surface area contributed by atoms with E-state index in [-0.39, 0.29) is 6.10 Å². The van der Waals surface area contributed by atoms with Gasteiger partial charge in [0.05, 0.1) is 0 Å². The summed E-state index contributed by atoms with van der Waals surface area (Å²) in [5, 5.41) is 0. The van der Waals surface area contributed by atoms with Gasteiger partial charge >= 0.3 is 6.16 Å². The molecule has 2 aromatic carbocycles. The van der Waals surface area contributed by atoms with Crippen molar-refractivity contribution in [3.63, 3.8) is 0 Å². The van der Waals surface area contributed by atoms with Crippen LogP contribution in [0.25, 0.3) is 0 Å². The minimum absolute atomic E-state index is 0.331. The highest BCUT2D eigenvalue weighted by molar-refractivity contribution is 5.64. The fourth-order valence-corrected chi connectivity index (χ4v) is 1.55. The zero-order valence-corrected chi connectivity index (χ0v) is 10.1. The summed E-state index contributed by atoms with van der Waals surface area (Å²) in [5.41, 5.74) is 0.933. The van der Waals surface area contributed by atoms with Gasteiger partial charge in [0.1, 0.15) is 11.9 Å². The number of ether oxygens (including phenoxy) is 2. The highest BCUT2D eigenvalue weighted by atomic mass is 16.7. The third-order valence-corrected chi connectivity index (χ3v) is 2.49. The summed E-state index contributed by atoms with van der Waals surface area (Å²) in [5.74, 6) is 0.475. The number of benzene rings is 2. The van der Waals surface area contributed by atoms with E-state index in [1.54, 1.807) is 24.3 Å². The molecule has 0 spiro atoms. The molecule has 0 amide bonds. The van der Waals surface area contributed by atoms with Crippen LogP contribution in [0.5, 0.6) is 5.75 Å². The predicted molar refractivity (Wildman–Crippen MR) is 68.4 cm³/mol. The Kier molecular flexibility index (Phi) is 3.97. The van der Waals surface area contributed by atoms with E-state index in [0.29, 0.717) is 5.75 Å². The molecule has 2 rings (SSSR count). The fourth-order valence-electron chi connectivity index (χ4n) is 1.55. The minimum Gasteiger partial charge on any atom is -0.426 e. The van der Waals surface area contributed by atoms with E-state index in [1.807, 2.05) is 43.3 Å². The van der Waals surface area contributed by atoms with Crippen molar-refractivity contribution in [3.05, 3.63) is 66.2 Å². The Morgan fingerprint density at radius 1 is 0.944 bits per heavy atom. The van der Waals surface area contributed by atoms with Crippen LogP contribution in [0.15, 0.2) is 60.7 Å². The lowest BCUT2D eigenvalue weighted by Crippen LogP contribution is -2.13. The second kappa shape index (κ2) is 5.87. The Morgan fingerprint density at radius 2 is 1.50 bits per heavy atom. The molecule has 0 heterocycles. The maximum absolute atomic E-state index is 11.6. The maximum Gasteiger partial charge on any atom is 0.514 e. The van der Waals surface area contributed by atoms with Crippen molar-refractivity contribution in [2.24, 2.45) is 0 Å². The molecule has 0 aliphatic carbocycles. The van der Waals surface area contributed by atoms with Crippen molar-refractivity contribution in [2.75, 3.05) is 0 Å². The first-order chi connectivity index (χ1) is 8.75. The number of carbonyl (C=O) groups is 1. The van der Waals surface area contributed by atoms with Crippen LogP contribution in [0.2, 0.25) is 0 Å². The van der Waals surface area contributed by atoms with Crippen molar-refractivity contribution >= 4 is 6.16 Å². The Morgan fingerprint density at radius 3 is 2.11 bits per heavy atom. The first-order valence-electron chi connectivity index (χ1n) is 5.74. The molecule has 0 aliphatic heterocycles. The van der Waals surface area contributed by atoms with Gasteiger partial charge in [0, 0.05) is 0 Å². The van der Waals surface area contributed by atoms with Crippen LogP contribution in [0.3, 0.4) is 0 Å². The molecule has 0 saturated heterocycles. The van der Waals surface area contributed by atoms with Crippen LogP contribution >= 0.6 is 0 Å². The molecule has 0 bridgehead atoms. The summed E-state index contributed by atoms with van der Waals surface area (Å²) >= 11 is 0. The Hall–Kier alpha value is -2.29. The molecule has 18 heavy (non-hydrogen) atoms. The van der Waals surface area contributed by atoms with E-state index in [4.69, 9.17) is 9.47 Å². The summed E-state index contributed by atoms with van der Waals surface area (Å²) in [6.07, 6.45) is -1.03. The molecule has 0 N–H and O–H groups in total. The number of hydrogen-bond donors (Lipinski definition) is 0. The summed E-state index contributed by atoms with van der Waals surface area (Å²) in [7, 11) is 0. The third-order valence-electron chi connectivity index (χ3n) is 2.49. The number of para-hydroxylation sites is 1. The fraction of sp³-hybridized carbons (Fsp3) is 0.133. The topological polar surface area (TPSA) is 35.5 Å². The number of hydrogen-bond acceptors (Lipinski definition) is 3. The lowest BCUT2D eigenvalue weighted by atomic mass is 10.1. The second-order valence-corrected chi connectivity index (χ2v) is 3.84. The molecule has 0 aliphatic rings. The lowest BCUT2D eigenvalue weighted by molar-refractivity contribution is 0.0655. The van der Waals surface area contributed by atoms with Gasteiger partial charge in [-0.1, -0.05) is 48.5 Å². The van der Waals surface area contributed by atoms with Crippen molar-refractivity contribution in [3.8, 4) is 5.75 Å². The summed E-state index contributed by atoms with van der Waals surface area (Å²) < 4.78 is 10.2.